The molecule has 0 bridgehead atoms. The van der Waals surface area contributed by atoms with Gasteiger partial charge in [0.15, 0.2) is 17.1 Å². The summed E-state index contributed by atoms with van der Waals surface area (Å²) in [5.41, 5.74) is -1.81. The molecule has 0 amide bonds. The molecule has 0 fully saturated rings. The summed E-state index contributed by atoms with van der Waals surface area (Å²) in [6.45, 7) is 4.44. The molecule has 0 radical (unpaired) electrons. The van der Waals surface area contributed by atoms with Crippen LogP contribution in [-0.2, 0) is 20.9 Å². The van der Waals surface area contributed by atoms with Crippen molar-refractivity contribution in [1.82, 2.24) is 4.98 Å². The quantitative estimate of drug-likeness (QED) is 0.828. The van der Waals surface area contributed by atoms with Crippen molar-refractivity contribution in [3.8, 4) is 0 Å². The summed E-state index contributed by atoms with van der Waals surface area (Å²) in [6, 6.07) is 1.02. The molecule has 0 spiro atoms. The number of carbonyl (C=O) groups is 2. The van der Waals surface area contributed by atoms with Gasteiger partial charge in [-0.2, -0.15) is 0 Å². The van der Waals surface area contributed by atoms with E-state index >= 15 is 0 Å². The molecule has 6 nitrogen and oxygen atoms in total. The molecule has 1 unspecified atom stereocenters. The lowest BCUT2D eigenvalue weighted by Crippen LogP contribution is -2.41. The van der Waals surface area contributed by atoms with E-state index in [9.17, 15) is 19.1 Å². The van der Waals surface area contributed by atoms with E-state index in [2.05, 4.69) is 9.72 Å². The number of nitrogens with zero attached hydrogens (tertiary/aromatic N) is 1. The largest absolute Gasteiger partial charge is 0.464 e. The Kier molecular flexibility index (Phi) is 5.37. The molecule has 0 saturated heterocycles. The molecular weight excluding hydrogens is 281 g/mol. The van der Waals surface area contributed by atoms with E-state index in [0.29, 0.717) is 0 Å². The first-order valence-corrected chi connectivity index (χ1v) is 6.32. The van der Waals surface area contributed by atoms with Crippen LogP contribution >= 0.6 is 0 Å². The van der Waals surface area contributed by atoms with E-state index in [4.69, 9.17) is 4.74 Å². The average Bonchev–Trinajstić information content (AvgIpc) is 2.43. The molecule has 0 aromatic carbocycles. The molecule has 1 atom stereocenters. The highest BCUT2D eigenvalue weighted by Gasteiger charge is 2.35. The van der Waals surface area contributed by atoms with Crippen LogP contribution < -0.4 is 0 Å². The second-order valence-corrected chi connectivity index (χ2v) is 5.04. The lowest BCUT2D eigenvalue weighted by Gasteiger charge is -2.25. The van der Waals surface area contributed by atoms with Crippen LogP contribution in [0.15, 0.2) is 12.3 Å². The number of esters is 2. The second-order valence-electron chi connectivity index (χ2n) is 5.04. The van der Waals surface area contributed by atoms with Crippen LogP contribution in [0.1, 0.15) is 36.8 Å². The summed E-state index contributed by atoms with van der Waals surface area (Å²) in [4.78, 5) is 26.5. The highest BCUT2D eigenvalue weighted by molar-refractivity contribution is 5.87. The molecule has 1 aromatic rings. The third-order valence-corrected chi connectivity index (χ3v) is 3.18. The summed E-state index contributed by atoms with van der Waals surface area (Å²) in [7, 11) is 1.12. The predicted molar refractivity (Wildman–Crippen MR) is 70.8 cm³/mol. The van der Waals surface area contributed by atoms with E-state index in [-0.39, 0.29) is 18.1 Å². The Hall–Kier alpha value is -2.02. The van der Waals surface area contributed by atoms with Crippen LogP contribution in [0.25, 0.3) is 0 Å². The van der Waals surface area contributed by atoms with Gasteiger partial charge in [-0.3, -0.25) is 0 Å². The maximum absolute atomic E-state index is 13.6. The summed E-state index contributed by atoms with van der Waals surface area (Å²) in [5, 5.41) is 9.92. The summed E-state index contributed by atoms with van der Waals surface area (Å²) in [6.07, 6.45) is 1.20. The van der Waals surface area contributed by atoms with E-state index in [1.54, 1.807) is 13.8 Å². The van der Waals surface area contributed by atoms with Crippen molar-refractivity contribution in [2.45, 2.75) is 33.0 Å². The number of hydrogen-bond donors (Lipinski definition) is 1. The lowest BCUT2D eigenvalue weighted by molar-refractivity contribution is -0.169. The zero-order chi connectivity index (χ0) is 16.2. The number of rotatable bonds is 5. The van der Waals surface area contributed by atoms with Crippen LogP contribution in [0.5, 0.6) is 0 Å². The van der Waals surface area contributed by atoms with Crippen molar-refractivity contribution >= 4 is 11.9 Å². The van der Waals surface area contributed by atoms with Gasteiger partial charge in [-0.15, -0.1) is 0 Å². The molecule has 7 heteroatoms. The molecule has 21 heavy (non-hydrogen) atoms. The van der Waals surface area contributed by atoms with Gasteiger partial charge >= 0.3 is 11.9 Å². The summed E-state index contributed by atoms with van der Waals surface area (Å²) < 4.78 is 22.9. The van der Waals surface area contributed by atoms with E-state index < -0.39 is 29.1 Å². The molecule has 0 aliphatic heterocycles. The van der Waals surface area contributed by atoms with Crippen molar-refractivity contribution < 1.29 is 28.6 Å². The molecule has 1 heterocycles. The number of aliphatic hydroxyl groups is 1. The highest BCUT2D eigenvalue weighted by Crippen LogP contribution is 2.19. The van der Waals surface area contributed by atoms with Gasteiger partial charge in [-0.25, -0.2) is 19.0 Å². The fraction of sp³-hybridized carbons (Fsp3) is 0.500. The molecule has 1 rings (SSSR count). The van der Waals surface area contributed by atoms with Crippen LogP contribution in [0, 0.1) is 11.7 Å². The summed E-state index contributed by atoms with van der Waals surface area (Å²) in [5.74, 6) is -2.90. The Morgan fingerprint density at radius 1 is 1.48 bits per heavy atom. The standard InChI is InChI=1S/C14H18FNO5/c1-8(2)14(3,19)13(18)21-7-9-5-10(15)11(16-6-9)12(17)20-4/h5-6,8,19H,7H2,1-4H3. The minimum absolute atomic E-state index is 0.257. The molecule has 0 aliphatic carbocycles. The SMILES string of the molecule is COC(=O)c1ncc(COC(=O)C(C)(O)C(C)C)cc1F. The minimum atomic E-state index is -1.63. The Balaban J connectivity index is 2.76. The van der Waals surface area contributed by atoms with Crippen molar-refractivity contribution in [2.75, 3.05) is 7.11 Å². The maximum Gasteiger partial charge on any atom is 0.359 e. The van der Waals surface area contributed by atoms with Gasteiger partial charge in [0.2, 0.25) is 0 Å². The smallest absolute Gasteiger partial charge is 0.359 e. The lowest BCUT2D eigenvalue weighted by atomic mass is 9.93. The molecule has 116 valence electrons. The fourth-order valence-corrected chi connectivity index (χ4v) is 1.33. The van der Waals surface area contributed by atoms with Crippen molar-refractivity contribution in [3.63, 3.8) is 0 Å². The second kappa shape index (κ2) is 6.62. The number of hydrogen-bond acceptors (Lipinski definition) is 6. The van der Waals surface area contributed by atoms with Crippen molar-refractivity contribution in [2.24, 2.45) is 5.92 Å². The predicted octanol–water partition coefficient (Wildman–Crippen LogP) is 1.46. The minimum Gasteiger partial charge on any atom is -0.464 e. The maximum atomic E-state index is 13.6. The third-order valence-electron chi connectivity index (χ3n) is 3.18. The van der Waals surface area contributed by atoms with E-state index in [1.807, 2.05) is 0 Å². The first kappa shape index (κ1) is 17.0. The fourth-order valence-electron chi connectivity index (χ4n) is 1.33. The number of aromatic nitrogens is 1. The third kappa shape index (κ3) is 3.98. The van der Waals surface area contributed by atoms with Crippen LogP contribution in [0.3, 0.4) is 0 Å². The van der Waals surface area contributed by atoms with Crippen molar-refractivity contribution in [3.05, 3.63) is 29.3 Å². The molecular formula is C14H18FNO5. The zero-order valence-electron chi connectivity index (χ0n) is 12.3. The normalized spacial score (nSPS) is 13.7. The number of pyridine rings is 1. The van der Waals surface area contributed by atoms with E-state index in [1.165, 1.54) is 13.1 Å². The Morgan fingerprint density at radius 2 is 2.10 bits per heavy atom. The van der Waals surface area contributed by atoms with Gasteiger partial charge in [-0.05, 0) is 18.9 Å². The Bertz CT molecular complexity index is 542. The number of carbonyl (C=O) groups excluding carboxylic acids is 2. The van der Waals surface area contributed by atoms with Gasteiger partial charge in [-0.1, -0.05) is 13.8 Å². The Morgan fingerprint density at radius 3 is 2.57 bits per heavy atom. The number of methoxy groups -OCH3 is 1. The monoisotopic (exact) mass is 299 g/mol. The number of ether oxygens (including phenoxy) is 2. The highest BCUT2D eigenvalue weighted by atomic mass is 19.1. The van der Waals surface area contributed by atoms with Gasteiger partial charge in [0.25, 0.3) is 0 Å². The first-order valence-electron chi connectivity index (χ1n) is 6.32. The van der Waals surface area contributed by atoms with Gasteiger partial charge < -0.3 is 14.6 Å². The van der Waals surface area contributed by atoms with Gasteiger partial charge in [0.1, 0.15) is 6.61 Å². The molecule has 1 aromatic heterocycles. The summed E-state index contributed by atoms with van der Waals surface area (Å²) >= 11 is 0. The van der Waals surface area contributed by atoms with Crippen LogP contribution in [-0.4, -0.2) is 34.7 Å². The van der Waals surface area contributed by atoms with Gasteiger partial charge in [0.05, 0.1) is 7.11 Å². The van der Waals surface area contributed by atoms with Crippen LogP contribution in [0.2, 0.25) is 0 Å². The average molecular weight is 299 g/mol. The zero-order valence-corrected chi connectivity index (χ0v) is 12.3. The molecule has 1 N–H and O–H groups in total. The molecule has 0 saturated carbocycles. The Labute approximate surface area is 121 Å². The van der Waals surface area contributed by atoms with Gasteiger partial charge in [0, 0.05) is 11.8 Å². The van der Waals surface area contributed by atoms with Crippen molar-refractivity contribution in [1.29, 1.82) is 0 Å². The number of halogens is 1. The van der Waals surface area contributed by atoms with E-state index in [0.717, 1.165) is 13.2 Å². The molecule has 0 aliphatic rings. The first-order chi connectivity index (χ1) is 9.70. The topological polar surface area (TPSA) is 85.7 Å². The van der Waals surface area contributed by atoms with Crippen LogP contribution in [0.4, 0.5) is 4.39 Å².